The Morgan fingerprint density at radius 2 is 2.07 bits per heavy atom. The van der Waals surface area contributed by atoms with Gasteiger partial charge in [0.15, 0.2) is 5.65 Å². The summed E-state index contributed by atoms with van der Waals surface area (Å²) in [7, 11) is 1.61. The van der Waals surface area contributed by atoms with E-state index in [1.54, 1.807) is 19.4 Å². The second kappa shape index (κ2) is 8.32. The Morgan fingerprint density at radius 1 is 1.21 bits per heavy atom. The molecule has 0 aliphatic heterocycles. The lowest BCUT2D eigenvalue weighted by atomic mass is 10.0. The summed E-state index contributed by atoms with van der Waals surface area (Å²) < 4.78 is 5.33. The zero-order valence-electron chi connectivity index (χ0n) is 15.7. The first-order chi connectivity index (χ1) is 14.2. The molecule has 4 rings (SSSR count). The molecule has 2 heterocycles. The van der Waals surface area contributed by atoms with E-state index < -0.39 is 0 Å². The van der Waals surface area contributed by atoms with Crippen LogP contribution >= 0.6 is 12.6 Å². The molecule has 0 radical (unpaired) electrons. The molecule has 0 saturated heterocycles. The van der Waals surface area contributed by atoms with Crippen molar-refractivity contribution in [1.82, 2.24) is 25.5 Å². The van der Waals surface area contributed by atoms with Crippen LogP contribution in [0.1, 0.15) is 32.4 Å². The van der Waals surface area contributed by atoms with E-state index in [1.807, 2.05) is 42.5 Å². The molecule has 2 aromatic heterocycles. The second-order valence-corrected chi connectivity index (χ2v) is 6.93. The topological polar surface area (TPSA) is 92.8 Å². The molecule has 29 heavy (non-hydrogen) atoms. The largest absolute Gasteiger partial charge is 0.496 e. The molecule has 1 atom stereocenters. The van der Waals surface area contributed by atoms with E-state index in [0.29, 0.717) is 17.8 Å². The smallest absolute Gasteiger partial charge is 0.251 e. The van der Waals surface area contributed by atoms with Crippen molar-refractivity contribution in [3.8, 4) is 5.75 Å². The number of hydrogen-bond donors (Lipinski definition) is 3. The Labute approximate surface area is 173 Å². The zero-order valence-corrected chi connectivity index (χ0v) is 16.6. The highest BCUT2D eigenvalue weighted by molar-refractivity contribution is 7.80. The van der Waals surface area contributed by atoms with Crippen molar-refractivity contribution in [2.45, 2.75) is 11.8 Å². The van der Waals surface area contributed by atoms with Crippen LogP contribution in [-0.4, -0.2) is 33.2 Å². The number of hydrogen-bond acceptors (Lipinski definition) is 6. The molecule has 146 valence electrons. The average Bonchev–Trinajstić information content (AvgIpc) is 3.26. The first-order valence-corrected chi connectivity index (χ1v) is 9.51. The first kappa shape index (κ1) is 18.9. The van der Waals surface area contributed by atoms with Gasteiger partial charge in [-0.15, -0.1) is 0 Å². The number of rotatable bonds is 6. The van der Waals surface area contributed by atoms with Gasteiger partial charge in [0, 0.05) is 17.7 Å². The van der Waals surface area contributed by atoms with Crippen molar-refractivity contribution in [2.24, 2.45) is 0 Å². The minimum Gasteiger partial charge on any atom is -0.496 e. The molecule has 0 fully saturated rings. The van der Waals surface area contributed by atoms with Gasteiger partial charge in [0.2, 0.25) is 0 Å². The number of carbonyl (C=O) groups excluding carboxylic acids is 1. The molecule has 0 aliphatic rings. The van der Waals surface area contributed by atoms with Gasteiger partial charge >= 0.3 is 0 Å². The van der Waals surface area contributed by atoms with Crippen molar-refractivity contribution in [3.63, 3.8) is 0 Å². The third-order valence-corrected chi connectivity index (χ3v) is 5.18. The van der Waals surface area contributed by atoms with Gasteiger partial charge in [0.25, 0.3) is 5.91 Å². The van der Waals surface area contributed by atoms with Gasteiger partial charge in [-0.3, -0.25) is 9.89 Å². The number of amides is 1. The number of fused-ring (bicyclic) bond motifs is 1. The molecule has 0 spiro atoms. The molecule has 1 amide bonds. The van der Waals surface area contributed by atoms with Gasteiger partial charge in [0.05, 0.1) is 29.6 Å². The lowest BCUT2D eigenvalue weighted by Crippen LogP contribution is -2.23. The molecule has 7 nitrogen and oxygen atoms in total. The van der Waals surface area contributed by atoms with E-state index in [0.717, 1.165) is 28.0 Å². The molecule has 8 heteroatoms. The summed E-state index contributed by atoms with van der Waals surface area (Å²) in [4.78, 5) is 21.2. The molecular formula is C21H19N5O2S. The maximum absolute atomic E-state index is 12.7. The van der Waals surface area contributed by atoms with Gasteiger partial charge in [-0.05, 0) is 23.8 Å². The van der Waals surface area contributed by atoms with Gasteiger partial charge in [0.1, 0.15) is 12.1 Å². The monoisotopic (exact) mass is 405 g/mol. The van der Waals surface area contributed by atoms with Crippen LogP contribution in [0.25, 0.3) is 11.0 Å². The maximum atomic E-state index is 12.7. The number of methoxy groups -OCH3 is 1. The van der Waals surface area contributed by atoms with Crippen LogP contribution in [0.15, 0.2) is 61.1 Å². The fourth-order valence-corrected chi connectivity index (χ4v) is 3.50. The van der Waals surface area contributed by atoms with Crippen LogP contribution in [0, 0.1) is 0 Å². The van der Waals surface area contributed by atoms with E-state index >= 15 is 0 Å². The highest BCUT2D eigenvalue weighted by Crippen LogP contribution is 2.31. The maximum Gasteiger partial charge on any atom is 0.251 e. The summed E-state index contributed by atoms with van der Waals surface area (Å²) >= 11 is 4.73. The summed E-state index contributed by atoms with van der Waals surface area (Å²) in [5.41, 5.74) is 3.71. The van der Waals surface area contributed by atoms with Crippen molar-refractivity contribution >= 4 is 29.6 Å². The fraction of sp³-hybridized carbons (Fsp3) is 0.143. The molecule has 4 aromatic rings. The number of nitrogens with one attached hydrogen (secondary N) is 2. The highest BCUT2D eigenvalue weighted by Gasteiger charge is 2.17. The predicted molar refractivity (Wildman–Crippen MR) is 113 cm³/mol. The lowest BCUT2D eigenvalue weighted by Gasteiger charge is -2.13. The summed E-state index contributed by atoms with van der Waals surface area (Å²) in [6.07, 6.45) is 3.15. The SMILES string of the molecule is COc1ccccc1CNC(=O)c1cccc(C(S)c2ncnc3[nH]ncc23)c1. The number of benzene rings is 2. The van der Waals surface area contributed by atoms with Crippen LogP contribution in [0.4, 0.5) is 0 Å². The predicted octanol–water partition coefficient (Wildman–Crippen LogP) is 3.31. The molecule has 1 unspecified atom stereocenters. The van der Waals surface area contributed by atoms with E-state index in [9.17, 15) is 4.79 Å². The number of para-hydroxylation sites is 1. The van der Waals surface area contributed by atoms with Crippen molar-refractivity contribution in [1.29, 1.82) is 0 Å². The van der Waals surface area contributed by atoms with E-state index in [4.69, 9.17) is 17.4 Å². The fourth-order valence-electron chi connectivity index (χ4n) is 3.14. The van der Waals surface area contributed by atoms with Crippen LogP contribution in [0.5, 0.6) is 5.75 Å². The van der Waals surface area contributed by atoms with Gasteiger partial charge in [-0.2, -0.15) is 17.7 Å². The number of aromatic nitrogens is 4. The summed E-state index contributed by atoms with van der Waals surface area (Å²) in [5.74, 6) is 0.569. The molecule has 2 aromatic carbocycles. The third kappa shape index (κ3) is 3.93. The quantitative estimate of drug-likeness (QED) is 0.428. The first-order valence-electron chi connectivity index (χ1n) is 8.99. The highest BCUT2D eigenvalue weighted by atomic mass is 32.1. The van der Waals surface area contributed by atoms with E-state index in [2.05, 4.69) is 25.5 Å². The number of H-pyrrole nitrogens is 1. The number of nitrogens with zero attached hydrogens (tertiary/aromatic N) is 3. The Hall–Kier alpha value is -3.39. The lowest BCUT2D eigenvalue weighted by molar-refractivity contribution is 0.0950. The minimum atomic E-state index is -0.319. The zero-order chi connectivity index (χ0) is 20.2. The average molecular weight is 405 g/mol. The molecular weight excluding hydrogens is 386 g/mol. The normalized spacial score (nSPS) is 11.9. The molecule has 0 saturated carbocycles. The van der Waals surface area contributed by atoms with Crippen LogP contribution in [-0.2, 0) is 6.54 Å². The number of ether oxygens (including phenoxy) is 1. The van der Waals surface area contributed by atoms with E-state index in [-0.39, 0.29) is 11.2 Å². The van der Waals surface area contributed by atoms with Crippen LogP contribution < -0.4 is 10.1 Å². The third-order valence-electron chi connectivity index (χ3n) is 4.63. The molecule has 0 aliphatic carbocycles. The van der Waals surface area contributed by atoms with Gasteiger partial charge in [-0.25, -0.2) is 9.97 Å². The van der Waals surface area contributed by atoms with Crippen LogP contribution in [0.3, 0.4) is 0 Å². The van der Waals surface area contributed by atoms with Crippen LogP contribution in [0.2, 0.25) is 0 Å². The Kier molecular flexibility index (Phi) is 5.44. The standard InChI is InChI=1S/C21H19N5O2S/c1-28-17-8-3-2-5-15(17)10-22-21(27)14-7-4-6-13(9-14)19(29)18-16-11-25-26-20(16)24-12-23-18/h2-9,11-12,19,29H,10H2,1H3,(H,22,27)(H,23,24,25,26). The number of thiol groups is 1. The van der Waals surface area contributed by atoms with E-state index in [1.165, 1.54) is 6.33 Å². The number of aromatic amines is 1. The van der Waals surface area contributed by atoms with Crippen molar-refractivity contribution in [3.05, 3.63) is 83.4 Å². The minimum absolute atomic E-state index is 0.172. The molecule has 0 bridgehead atoms. The Morgan fingerprint density at radius 3 is 2.93 bits per heavy atom. The van der Waals surface area contributed by atoms with Crippen molar-refractivity contribution in [2.75, 3.05) is 7.11 Å². The molecule has 2 N–H and O–H groups in total. The van der Waals surface area contributed by atoms with Gasteiger partial charge < -0.3 is 10.1 Å². The summed E-state index contributed by atoms with van der Waals surface area (Å²) in [5, 5.41) is 10.3. The summed E-state index contributed by atoms with van der Waals surface area (Å²) in [6.45, 7) is 0.374. The Balaban J connectivity index is 1.54. The second-order valence-electron chi connectivity index (χ2n) is 6.41. The Bertz CT molecular complexity index is 1160. The van der Waals surface area contributed by atoms with Gasteiger partial charge in [-0.1, -0.05) is 30.3 Å². The van der Waals surface area contributed by atoms with Crippen molar-refractivity contribution < 1.29 is 9.53 Å². The summed E-state index contributed by atoms with van der Waals surface area (Å²) in [6, 6.07) is 14.9. The number of carbonyl (C=O) groups is 1.